The smallest absolute Gasteiger partial charge is 0.0622 e. The van der Waals surface area contributed by atoms with Gasteiger partial charge in [-0.15, -0.1) is 0 Å². The highest BCUT2D eigenvalue weighted by Gasteiger charge is 2.22. The highest BCUT2D eigenvalue weighted by Crippen LogP contribution is 2.14. The molecule has 0 amide bonds. The molecule has 3 aromatic carbocycles. The fourth-order valence-corrected chi connectivity index (χ4v) is 2.44. The Labute approximate surface area is 134 Å². The third-order valence-electron chi connectivity index (χ3n) is 3.56. The van der Waals surface area contributed by atoms with E-state index in [4.69, 9.17) is 10.2 Å². The molecule has 110 valence electrons. The fourth-order valence-electron chi connectivity index (χ4n) is 2.44. The zero-order valence-electron chi connectivity index (χ0n) is 12.4. The number of hydrogen-bond acceptors (Lipinski definition) is 2. The lowest BCUT2D eigenvalue weighted by Crippen LogP contribution is -2.43. The van der Waals surface area contributed by atoms with Crippen LogP contribution in [0, 0.1) is 0 Å². The Bertz CT molecular complexity index is 843. The van der Waals surface area contributed by atoms with Crippen LogP contribution in [0.25, 0.3) is 22.8 Å². The number of aromatic nitrogens is 4. The van der Waals surface area contributed by atoms with Crippen molar-refractivity contribution in [3.63, 3.8) is 0 Å². The Morgan fingerprint density at radius 3 is 1.87 bits per heavy atom. The van der Waals surface area contributed by atoms with Gasteiger partial charge in [0.15, 0.2) is 5.69 Å². The van der Waals surface area contributed by atoms with Crippen molar-refractivity contribution in [1.29, 1.82) is 0 Å². The minimum Gasteiger partial charge on any atom is -0.0622 e. The average molecular weight is 299 g/mol. The molecule has 1 aromatic heterocycles. The summed E-state index contributed by atoms with van der Waals surface area (Å²) in [5, 5.41) is 9.39. The van der Waals surface area contributed by atoms with Gasteiger partial charge < -0.3 is 0 Å². The van der Waals surface area contributed by atoms with Crippen molar-refractivity contribution >= 4 is 0 Å². The van der Waals surface area contributed by atoms with Crippen LogP contribution < -0.4 is 4.80 Å². The van der Waals surface area contributed by atoms with Crippen LogP contribution in [-0.4, -0.2) is 15.0 Å². The molecule has 0 bridgehead atoms. The van der Waals surface area contributed by atoms with Crippen molar-refractivity contribution in [2.45, 2.75) is 0 Å². The van der Waals surface area contributed by atoms with E-state index in [1.165, 1.54) is 0 Å². The van der Waals surface area contributed by atoms with E-state index in [1.807, 2.05) is 101 Å². The number of hydrogen-bond donors (Lipinski definition) is 0. The van der Waals surface area contributed by atoms with E-state index in [0.29, 0.717) is 5.82 Å². The molecule has 0 spiro atoms. The van der Waals surface area contributed by atoms with E-state index in [-0.39, 0.29) is 0 Å². The van der Waals surface area contributed by atoms with Crippen molar-refractivity contribution in [3.05, 3.63) is 91.0 Å². The molecule has 0 saturated carbocycles. The Morgan fingerprint density at radius 1 is 0.652 bits per heavy atom. The van der Waals surface area contributed by atoms with Crippen molar-refractivity contribution in [3.8, 4) is 22.8 Å². The van der Waals surface area contributed by atoms with Crippen molar-refractivity contribution in [2.75, 3.05) is 0 Å². The minimum absolute atomic E-state index is 0.693. The first-order chi connectivity index (χ1) is 11.4. The van der Waals surface area contributed by atoms with Gasteiger partial charge in [0.05, 0.1) is 10.7 Å². The number of tetrazole rings is 1. The van der Waals surface area contributed by atoms with Gasteiger partial charge >= 0.3 is 5.82 Å². The Kier molecular flexibility index (Phi) is 3.41. The van der Waals surface area contributed by atoms with Crippen LogP contribution >= 0.6 is 0 Å². The van der Waals surface area contributed by atoms with Gasteiger partial charge in [0.1, 0.15) is 5.69 Å². The quantitative estimate of drug-likeness (QED) is 0.544. The monoisotopic (exact) mass is 299 g/mol. The van der Waals surface area contributed by atoms with Gasteiger partial charge in [0.25, 0.3) is 0 Å². The Balaban J connectivity index is 1.91. The normalized spacial score (nSPS) is 10.6. The molecule has 0 aliphatic carbocycles. The summed E-state index contributed by atoms with van der Waals surface area (Å²) in [6, 6.07) is 30.0. The maximum atomic E-state index is 4.70. The molecular weight excluding hydrogens is 284 g/mol. The molecule has 4 heteroatoms. The lowest BCUT2D eigenvalue weighted by atomic mass is 10.2. The Hall–Kier alpha value is -3.27. The summed E-state index contributed by atoms with van der Waals surface area (Å²) in [4.78, 5) is 3.63. The summed E-state index contributed by atoms with van der Waals surface area (Å²) < 4.78 is 0. The van der Waals surface area contributed by atoms with Gasteiger partial charge in [0.2, 0.25) is 0 Å². The van der Waals surface area contributed by atoms with Crippen LogP contribution in [-0.2, 0) is 0 Å². The van der Waals surface area contributed by atoms with Crippen LogP contribution in [0.4, 0.5) is 0 Å². The molecule has 0 radical (unpaired) electrons. The van der Waals surface area contributed by atoms with Gasteiger partial charge in [-0.05, 0) is 46.3 Å². The number of para-hydroxylation sites is 2. The molecule has 1 heterocycles. The molecule has 4 aromatic rings. The number of rotatable bonds is 3. The largest absolute Gasteiger partial charge is 0.340 e. The van der Waals surface area contributed by atoms with Gasteiger partial charge in [-0.3, -0.25) is 0 Å². The first-order valence-electron chi connectivity index (χ1n) is 7.48. The van der Waals surface area contributed by atoms with E-state index < -0.39 is 0 Å². The predicted molar refractivity (Wildman–Crippen MR) is 88.3 cm³/mol. The molecule has 0 fully saturated rings. The lowest BCUT2D eigenvalue weighted by molar-refractivity contribution is -0.734. The third kappa shape index (κ3) is 2.62. The molecule has 0 unspecified atom stereocenters. The molecule has 0 atom stereocenters. The summed E-state index contributed by atoms with van der Waals surface area (Å²) in [5.74, 6) is 0.693. The molecule has 4 rings (SSSR count). The van der Waals surface area contributed by atoms with Crippen LogP contribution in [0.2, 0.25) is 0 Å². The van der Waals surface area contributed by atoms with Gasteiger partial charge in [-0.2, -0.15) is 0 Å². The third-order valence-corrected chi connectivity index (χ3v) is 3.56. The van der Waals surface area contributed by atoms with E-state index in [2.05, 4.69) is 0 Å². The second kappa shape index (κ2) is 5.85. The van der Waals surface area contributed by atoms with Gasteiger partial charge in [-0.25, -0.2) is 0 Å². The number of benzene rings is 3. The van der Waals surface area contributed by atoms with E-state index in [0.717, 1.165) is 16.9 Å². The molecule has 4 nitrogen and oxygen atoms in total. The van der Waals surface area contributed by atoms with Crippen molar-refractivity contribution < 1.29 is 4.80 Å². The summed E-state index contributed by atoms with van der Waals surface area (Å²) >= 11 is 0. The first kappa shape index (κ1) is 13.4. The van der Waals surface area contributed by atoms with Crippen LogP contribution in [0.1, 0.15) is 0 Å². The topological polar surface area (TPSA) is 34.6 Å². The molecule has 0 aliphatic heterocycles. The first-order valence-corrected chi connectivity index (χ1v) is 7.48. The van der Waals surface area contributed by atoms with E-state index >= 15 is 0 Å². The van der Waals surface area contributed by atoms with Crippen LogP contribution in [0.3, 0.4) is 0 Å². The fraction of sp³-hybridized carbons (Fsp3) is 0. The van der Waals surface area contributed by atoms with Crippen LogP contribution in [0.5, 0.6) is 0 Å². The zero-order chi connectivity index (χ0) is 15.5. The highest BCUT2D eigenvalue weighted by molar-refractivity contribution is 5.53. The maximum absolute atomic E-state index is 4.70. The molecule has 0 N–H and O–H groups in total. The van der Waals surface area contributed by atoms with Crippen LogP contribution in [0.15, 0.2) is 91.0 Å². The molecule has 0 aliphatic rings. The summed E-state index contributed by atoms with van der Waals surface area (Å²) in [6.07, 6.45) is 0. The summed E-state index contributed by atoms with van der Waals surface area (Å²) in [5.41, 5.74) is 2.92. The second-order valence-electron chi connectivity index (χ2n) is 5.14. The van der Waals surface area contributed by atoms with Gasteiger partial charge in [0, 0.05) is 4.80 Å². The summed E-state index contributed by atoms with van der Waals surface area (Å²) in [6.45, 7) is 0. The maximum Gasteiger partial charge on any atom is 0.340 e. The van der Waals surface area contributed by atoms with Crippen molar-refractivity contribution in [1.82, 2.24) is 15.0 Å². The minimum atomic E-state index is 0.693. The van der Waals surface area contributed by atoms with Gasteiger partial charge in [-0.1, -0.05) is 54.6 Å². The molecule has 0 saturated heterocycles. The van der Waals surface area contributed by atoms with Crippen molar-refractivity contribution in [2.24, 2.45) is 0 Å². The number of nitrogens with zero attached hydrogens (tertiary/aromatic N) is 4. The lowest BCUT2D eigenvalue weighted by Gasteiger charge is -1.98. The predicted octanol–water partition coefficient (Wildman–Crippen LogP) is 3.21. The second-order valence-corrected chi connectivity index (χ2v) is 5.14. The van der Waals surface area contributed by atoms with E-state index in [9.17, 15) is 0 Å². The zero-order valence-corrected chi connectivity index (χ0v) is 12.4. The molecular formula is C19H15N4+. The standard InChI is InChI=1S/C19H15N4/c1-4-10-16(11-5-1)19-20-22(17-12-6-2-7-13-17)23(21-19)18-14-8-3-9-15-18/h1-15H/q+1. The Morgan fingerprint density at radius 2 is 1.22 bits per heavy atom. The molecule has 23 heavy (non-hydrogen) atoms. The average Bonchev–Trinajstić information content (AvgIpc) is 3.09. The highest BCUT2D eigenvalue weighted by atomic mass is 15.7. The SMILES string of the molecule is c1ccc(-c2nn(-c3ccccc3)[n+](-c3ccccc3)n2)cc1. The van der Waals surface area contributed by atoms with E-state index in [1.54, 1.807) is 0 Å². The summed E-state index contributed by atoms with van der Waals surface area (Å²) in [7, 11) is 0.